The van der Waals surface area contributed by atoms with Gasteiger partial charge in [0.15, 0.2) is 0 Å². The summed E-state index contributed by atoms with van der Waals surface area (Å²) >= 11 is 1.76. The molecule has 132 valence electrons. The van der Waals surface area contributed by atoms with E-state index < -0.39 is 0 Å². The normalized spacial score (nSPS) is 19.6. The van der Waals surface area contributed by atoms with E-state index in [2.05, 4.69) is 62.1 Å². The summed E-state index contributed by atoms with van der Waals surface area (Å²) in [6, 6.07) is 11.1. The maximum absolute atomic E-state index is 9.50. The SMILES string of the molecule is OCCC1CN(Cc2c[nH]c3ccccc23)CCN1Cc1ccsc1. The molecule has 2 aromatic heterocycles. The minimum absolute atomic E-state index is 0.256. The number of rotatable bonds is 6. The van der Waals surface area contributed by atoms with Gasteiger partial charge in [0.2, 0.25) is 0 Å². The van der Waals surface area contributed by atoms with Crippen LogP contribution in [0.3, 0.4) is 0 Å². The maximum atomic E-state index is 9.50. The molecule has 1 saturated heterocycles. The molecule has 0 amide bonds. The van der Waals surface area contributed by atoms with Gasteiger partial charge in [-0.05, 0) is 40.4 Å². The number of para-hydroxylation sites is 1. The highest BCUT2D eigenvalue weighted by Crippen LogP contribution is 2.23. The van der Waals surface area contributed by atoms with Crippen molar-refractivity contribution >= 4 is 22.2 Å². The predicted octanol–water partition coefficient (Wildman–Crippen LogP) is 3.30. The molecule has 5 heteroatoms. The molecule has 1 atom stereocenters. The number of aliphatic hydroxyl groups is 1. The molecule has 3 aromatic rings. The van der Waals surface area contributed by atoms with Gasteiger partial charge in [0.05, 0.1) is 0 Å². The number of piperazine rings is 1. The molecule has 1 aromatic carbocycles. The molecule has 0 saturated carbocycles. The van der Waals surface area contributed by atoms with Crippen LogP contribution in [0.5, 0.6) is 0 Å². The van der Waals surface area contributed by atoms with E-state index in [0.717, 1.165) is 39.1 Å². The summed E-state index contributed by atoms with van der Waals surface area (Å²) in [5, 5.41) is 15.2. The van der Waals surface area contributed by atoms with Gasteiger partial charge < -0.3 is 10.1 Å². The van der Waals surface area contributed by atoms with E-state index in [1.54, 1.807) is 11.3 Å². The van der Waals surface area contributed by atoms with Crippen molar-refractivity contribution in [2.75, 3.05) is 26.2 Å². The molecular weight excluding hydrogens is 330 g/mol. The molecule has 0 radical (unpaired) electrons. The Kier molecular flexibility index (Phi) is 5.17. The number of fused-ring (bicyclic) bond motifs is 1. The number of aliphatic hydroxyl groups excluding tert-OH is 1. The second kappa shape index (κ2) is 7.70. The van der Waals surface area contributed by atoms with Crippen LogP contribution in [0.15, 0.2) is 47.3 Å². The van der Waals surface area contributed by atoms with Crippen molar-refractivity contribution in [3.8, 4) is 0 Å². The number of nitrogens with zero attached hydrogens (tertiary/aromatic N) is 2. The summed E-state index contributed by atoms with van der Waals surface area (Å²) in [5.74, 6) is 0. The fourth-order valence-corrected chi connectivity index (χ4v) is 4.51. The van der Waals surface area contributed by atoms with E-state index in [1.807, 2.05) is 0 Å². The molecule has 3 heterocycles. The van der Waals surface area contributed by atoms with Crippen molar-refractivity contribution in [2.45, 2.75) is 25.6 Å². The first-order valence-electron chi connectivity index (χ1n) is 8.97. The molecule has 1 aliphatic rings. The number of nitrogens with one attached hydrogen (secondary N) is 1. The van der Waals surface area contributed by atoms with Gasteiger partial charge in [-0.15, -0.1) is 0 Å². The molecule has 1 fully saturated rings. The summed E-state index contributed by atoms with van der Waals surface area (Å²) in [7, 11) is 0. The third kappa shape index (κ3) is 3.80. The topological polar surface area (TPSA) is 42.5 Å². The molecule has 2 N–H and O–H groups in total. The Labute approximate surface area is 152 Å². The van der Waals surface area contributed by atoms with E-state index in [-0.39, 0.29) is 6.61 Å². The van der Waals surface area contributed by atoms with Crippen molar-refractivity contribution in [1.29, 1.82) is 0 Å². The van der Waals surface area contributed by atoms with Crippen LogP contribution in [0.1, 0.15) is 17.5 Å². The summed E-state index contributed by atoms with van der Waals surface area (Å²) < 4.78 is 0. The summed E-state index contributed by atoms with van der Waals surface area (Å²) in [6.45, 7) is 5.37. The Balaban J connectivity index is 1.44. The standard InChI is InChI=1S/C20H25N3OS/c24-9-5-18-14-22(7-8-23(18)12-16-6-10-25-15-16)13-17-11-21-20-4-2-1-3-19(17)20/h1-4,6,10-11,15,18,21,24H,5,7-9,12-14H2. The lowest BCUT2D eigenvalue weighted by atomic mass is 10.1. The third-order valence-electron chi connectivity index (χ3n) is 5.19. The third-order valence-corrected chi connectivity index (χ3v) is 5.92. The molecule has 0 spiro atoms. The van der Waals surface area contributed by atoms with Crippen molar-refractivity contribution < 1.29 is 5.11 Å². The van der Waals surface area contributed by atoms with E-state index in [4.69, 9.17) is 0 Å². The van der Waals surface area contributed by atoms with Crippen LogP contribution in [-0.2, 0) is 13.1 Å². The summed E-state index contributed by atoms with van der Waals surface area (Å²) in [5.41, 5.74) is 3.96. The average molecular weight is 356 g/mol. The van der Waals surface area contributed by atoms with Crippen molar-refractivity contribution in [3.63, 3.8) is 0 Å². The summed E-state index contributed by atoms with van der Waals surface area (Å²) in [6.07, 6.45) is 2.98. The van der Waals surface area contributed by atoms with Crippen molar-refractivity contribution in [2.24, 2.45) is 0 Å². The van der Waals surface area contributed by atoms with Gasteiger partial charge in [0, 0.05) is 62.5 Å². The highest BCUT2D eigenvalue weighted by atomic mass is 32.1. The van der Waals surface area contributed by atoms with E-state index >= 15 is 0 Å². The fraction of sp³-hybridized carbons (Fsp3) is 0.400. The minimum Gasteiger partial charge on any atom is -0.396 e. The highest BCUT2D eigenvalue weighted by molar-refractivity contribution is 7.07. The van der Waals surface area contributed by atoms with Gasteiger partial charge in [-0.2, -0.15) is 11.3 Å². The van der Waals surface area contributed by atoms with E-state index in [0.29, 0.717) is 6.04 Å². The molecule has 4 nitrogen and oxygen atoms in total. The zero-order valence-corrected chi connectivity index (χ0v) is 15.2. The molecule has 25 heavy (non-hydrogen) atoms. The van der Waals surface area contributed by atoms with Crippen LogP contribution in [-0.4, -0.2) is 52.2 Å². The first-order valence-corrected chi connectivity index (χ1v) is 9.91. The maximum Gasteiger partial charge on any atom is 0.0457 e. The first kappa shape index (κ1) is 16.8. The molecule has 0 aliphatic carbocycles. The zero-order chi connectivity index (χ0) is 17.1. The lowest BCUT2D eigenvalue weighted by Gasteiger charge is -2.41. The smallest absolute Gasteiger partial charge is 0.0457 e. The van der Waals surface area contributed by atoms with Crippen LogP contribution >= 0.6 is 11.3 Å². The number of hydrogen-bond acceptors (Lipinski definition) is 4. The number of H-pyrrole nitrogens is 1. The largest absolute Gasteiger partial charge is 0.396 e. The monoisotopic (exact) mass is 355 g/mol. The number of thiophene rings is 1. The predicted molar refractivity (Wildman–Crippen MR) is 104 cm³/mol. The minimum atomic E-state index is 0.256. The Morgan fingerprint density at radius 3 is 2.92 bits per heavy atom. The molecule has 4 rings (SSSR count). The second-order valence-corrected chi connectivity index (χ2v) is 7.64. The summed E-state index contributed by atoms with van der Waals surface area (Å²) in [4.78, 5) is 8.44. The Morgan fingerprint density at radius 2 is 2.08 bits per heavy atom. The van der Waals surface area contributed by atoms with Gasteiger partial charge >= 0.3 is 0 Å². The Bertz CT molecular complexity index is 798. The number of hydrogen-bond donors (Lipinski definition) is 2. The van der Waals surface area contributed by atoms with Crippen molar-refractivity contribution in [3.05, 3.63) is 58.4 Å². The van der Waals surface area contributed by atoms with Crippen LogP contribution < -0.4 is 0 Å². The fourth-order valence-electron chi connectivity index (χ4n) is 3.85. The first-order chi connectivity index (χ1) is 12.3. The van der Waals surface area contributed by atoms with Gasteiger partial charge in [-0.3, -0.25) is 9.80 Å². The van der Waals surface area contributed by atoms with Gasteiger partial charge in [-0.25, -0.2) is 0 Å². The van der Waals surface area contributed by atoms with Crippen LogP contribution in [0.2, 0.25) is 0 Å². The van der Waals surface area contributed by atoms with Crippen LogP contribution in [0.25, 0.3) is 10.9 Å². The van der Waals surface area contributed by atoms with Crippen LogP contribution in [0.4, 0.5) is 0 Å². The van der Waals surface area contributed by atoms with Gasteiger partial charge in [-0.1, -0.05) is 18.2 Å². The molecule has 1 unspecified atom stereocenters. The van der Waals surface area contributed by atoms with E-state index in [9.17, 15) is 5.11 Å². The molecular formula is C20H25N3OS. The van der Waals surface area contributed by atoms with Gasteiger partial charge in [0.25, 0.3) is 0 Å². The van der Waals surface area contributed by atoms with Crippen molar-refractivity contribution in [1.82, 2.24) is 14.8 Å². The Hall–Kier alpha value is -1.66. The lowest BCUT2D eigenvalue weighted by Crippen LogP contribution is -2.52. The highest BCUT2D eigenvalue weighted by Gasteiger charge is 2.27. The Morgan fingerprint density at radius 1 is 1.16 bits per heavy atom. The second-order valence-electron chi connectivity index (χ2n) is 6.86. The lowest BCUT2D eigenvalue weighted by molar-refractivity contribution is 0.0502. The number of benzene rings is 1. The van der Waals surface area contributed by atoms with Crippen LogP contribution in [0, 0.1) is 0 Å². The number of aromatic amines is 1. The molecule has 1 aliphatic heterocycles. The molecule has 0 bridgehead atoms. The van der Waals surface area contributed by atoms with E-state index in [1.165, 1.54) is 22.0 Å². The average Bonchev–Trinajstić information content (AvgIpc) is 3.28. The zero-order valence-electron chi connectivity index (χ0n) is 14.4. The number of aromatic nitrogens is 1. The van der Waals surface area contributed by atoms with Gasteiger partial charge in [0.1, 0.15) is 0 Å². The quantitative estimate of drug-likeness (QED) is 0.713.